The smallest absolute Gasteiger partial charge is 0.249 e. The van der Waals surface area contributed by atoms with E-state index in [1.54, 1.807) is 10.4 Å². The van der Waals surface area contributed by atoms with Gasteiger partial charge in [-0.2, -0.15) is 0 Å². The maximum Gasteiger partial charge on any atom is 0.249 e. The number of hydrogen-bond donors (Lipinski definition) is 3. The van der Waals surface area contributed by atoms with Crippen LogP contribution in [-0.4, -0.2) is 50.6 Å². The van der Waals surface area contributed by atoms with Crippen molar-refractivity contribution in [3.05, 3.63) is 5.51 Å². The summed E-state index contributed by atoms with van der Waals surface area (Å²) in [5.41, 5.74) is 3.17. The van der Waals surface area contributed by atoms with Gasteiger partial charge < -0.3 is 4.90 Å². The molecule has 9 nitrogen and oxygen atoms in total. The van der Waals surface area contributed by atoms with Crippen molar-refractivity contribution in [2.24, 2.45) is 11.3 Å². The molecule has 2 fully saturated rings. The first kappa shape index (κ1) is 19.7. The van der Waals surface area contributed by atoms with Crippen molar-refractivity contribution in [1.82, 2.24) is 20.6 Å². The van der Waals surface area contributed by atoms with Gasteiger partial charge in [0.15, 0.2) is 0 Å². The van der Waals surface area contributed by atoms with Gasteiger partial charge in [-0.05, 0) is 31.1 Å². The fourth-order valence-corrected chi connectivity index (χ4v) is 4.19. The van der Waals surface area contributed by atoms with Crippen molar-refractivity contribution >= 4 is 34.2 Å². The molecule has 0 unspecified atom stereocenters. The van der Waals surface area contributed by atoms with Gasteiger partial charge in [0.1, 0.15) is 11.6 Å². The molecule has 1 saturated carbocycles. The maximum absolute atomic E-state index is 13.2. The number of unbranched alkanes of at least 4 members (excludes halogenated alkanes) is 1. The van der Waals surface area contributed by atoms with E-state index in [0.29, 0.717) is 24.5 Å². The predicted octanol–water partition coefficient (Wildman–Crippen LogP) is 1.56. The zero-order chi connectivity index (χ0) is 19.4. The second kappa shape index (κ2) is 8.30. The lowest BCUT2D eigenvalue weighted by Crippen LogP contribution is -2.46. The van der Waals surface area contributed by atoms with Crippen LogP contribution in [0.1, 0.15) is 51.9 Å². The standard InChI is InChI=1S/C17H25N5O4S/c1-2-3-4-11(7-13(23)21-26)15(25)22-9-17(5-6-17)8-12(22)14(24)19-16-20-18-10-27-16/h10-12,26H,2-9H2,1H3,(H,21,23)(H,19,20,24)/t11-,12+/m1/s1. The Morgan fingerprint density at radius 3 is 2.81 bits per heavy atom. The van der Waals surface area contributed by atoms with E-state index in [4.69, 9.17) is 5.21 Å². The molecule has 1 aliphatic heterocycles. The molecule has 3 N–H and O–H groups in total. The third-order valence-corrected chi connectivity index (χ3v) is 6.06. The minimum atomic E-state index is -0.584. The van der Waals surface area contributed by atoms with Crippen LogP contribution in [-0.2, 0) is 14.4 Å². The number of carbonyl (C=O) groups excluding carboxylic acids is 3. The highest BCUT2D eigenvalue weighted by Crippen LogP contribution is 2.55. The number of amides is 3. The van der Waals surface area contributed by atoms with E-state index in [0.717, 1.165) is 25.7 Å². The van der Waals surface area contributed by atoms with Crippen molar-refractivity contribution in [3.8, 4) is 0 Å². The SMILES string of the molecule is CCCC[C@H](CC(=O)NO)C(=O)N1CC2(CC2)C[C@H]1C(=O)Nc1nncs1. The summed E-state index contributed by atoms with van der Waals surface area (Å²) >= 11 is 1.23. The Balaban J connectivity index is 1.74. The molecule has 3 amide bonds. The molecule has 2 heterocycles. The second-order valence-corrected chi connectivity index (χ2v) is 8.33. The van der Waals surface area contributed by atoms with Gasteiger partial charge in [0, 0.05) is 18.9 Å². The number of rotatable bonds is 8. The van der Waals surface area contributed by atoms with Gasteiger partial charge in [-0.1, -0.05) is 31.1 Å². The number of likely N-dealkylation sites (tertiary alicyclic amines) is 1. The first-order valence-electron chi connectivity index (χ1n) is 9.28. The van der Waals surface area contributed by atoms with Gasteiger partial charge in [-0.3, -0.25) is 24.9 Å². The lowest BCUT2D eigenvalue weighted by Gasteiger charge is -2.28. The monoisotopic (exact) mass is 395 g/mol. The normalized spacial score (nSPS) is 21.1. The number of anilines is 1. The largest absolute Gasteiger partial charge is 0.330 e. The summed E-state index contributed by atoms with van der Waals surface area (Å²) in [5.74, 6) is -1.57. The molecule has 1 saturated heterocycles. The first-order valence-corrected chi connectivity index (χ1v) is 10.2. The number of nitrogens with zero attached hydrogens (tertiary/aromatic N) is 3. The zero-order valence-corrected chi connectivity index (χ0v) is 16.1. The predicted molar refractivity (Wildman–Crippen MR) is 97.9 cm³/mol. The summed E-state index contributed by atoms with van der Waals surface area (Å²) in [4.78, 5) is 39.2. The molecular formula is C17H25N5O4S. The fraction of sp³-hybridized carbons (Fsp3) is 0.706. The highest BCUT2D eigenvalue weighted by molar-refractivity contribution is 7.13. The van der Waals surface area contributed by atoms with Crippen LogP contribution in [0, 0.1) is 11.3 Å². The van der Waals surface area contributed by atoms with Crippen LogP contribution in [0.25, 0.3) is 0 Å². The Morgan fingerprint density at radius 1 is 1.44 bits per heavy atom. The maximum atomic E-state index is 13.2. The molecule has 2 atom stereocenters. The molecule has 3 rings (SSSR count). The van der Waals surface area contributed by atoms with Crippen LogP contribution in [0.5, 0.6) is 0 Å². The summed E-state index contributed by atoms with van der Waals surface area (Å²) in [7, 11) is 0. The molecular weight excluding hydrogens is 370 g/mol. The van der Waals surface area contributed by atoms with Gasteiger partial charge in [0.05, 0.1) is 0 Å². The molecule has 0 radical (unpaired) electrons. The van der Waals surface area contributed by atoms with Crippen LogP contribution >= 0.6 is 11.3 Å². The number of aromatic nitrogens is 2. The van der Waals surface area contributed by atoms with E-state index in [1.165, 1.54) is 16.8 Å². The summed E-state index contributed by atoms with van der Waals surface area (Å²) in [6, 6.07) is -0.565. The lowest BCUT2D eigenvalue weighted by molar-refractivity contribution is -0.143. The topological polar surface area (TPSA) is 125 Å². The van der Waals surface area contributed by atoms with E-state index in [9.17, 15) is 14.4 Å². The Bertz CT molecular complexity index is 692. The van der Waals surface area contributed by atoms with Crippen molar-refractivity contribution < 1.29 is 19.6 Å². The van der Waals surface area contributed by atoms with Crippen molar-refractivity contribution in [1.29, 1.82) is 0 Å². The third kappa shape index (κ3) is 4.62. The molecule has 1 aliphatic carbocycles. The molecule has 1 aromatic heterocycles. The lowest BCUT2D eigenvalue weighted by atomic mass is 9.96. The summed E-state index contributed by atoms with van der Waals surface area (Å²) in [6.07, 6.45) is 4.83. The van der Waals surface area contributed by atoms with Crippen LogP contribution in [0.4, 0.5) is 5.13 Å². The number of hydrogen-bond acceptors (Lipinski definition) is 7. The van der Waals surface area contributed by atoms with Crippen LogP contribution in [0.15, 0.2) is 5.51 Å². The zero-order valence-electron chi connectivity index (χ0n) is 15.3. The molecule has 27 heavy (non-hydrogen) atoms. The van der Waals surface area contributed by atoms with E-state index >= 15 is 0 Å². The molecule has 1 spiro atoms. The molecule has 148 valence electrons. The summed E-state index contributed by atoms with van der Waals surface area (Å²) in [6.45, 7) is 2.56. The minimum Gasteiger partial charge on any atom is -0.330 e. The molecule has 0 bridgehead atoms. The van der Waals surface area contributed by atoms with E-state index < -0.39 is 17.9 Å². The Labute approximate surface area is 161 Å². The van der Waals surface area contributed by atoms with E-state index in [1.807, 2.05) is 6.92 Å². The fourth-order valence-electron chi connectivity index (χ4n) is 3.74. The van der Waals surface area contributed by atoms with Crippen LogP contribution in [0.2, 0.25) is 0 Å². The molecule has 2 aliphatic rings. The highest BCUT2D eigenvalue weighted by atomic mass is 32.1. The van der Waals surface area contributed by atoms with E-state index in [-0.39, 0.29) is 23.7 Å². The third-order valence-electron chi connectivity index (χ3n) is 5.45. The van der Waals surface area contributed by atoms with Crippen molar-refractivity contribution in [2.75, 3.05) is 11.9 Å². The summed E-state index contributed by atoms with van der Waals surface area (Å²) < 4.78 is 0. The van der Waals surface area contributed by atoms with Gasteiger partial charge >= 0.3 is 0 Å². The number of hydroxylamine groups is 1. The molecule has 0 aromatic carbocycles. The van der Waals surface area contributed by atoms with Crippen LogP contribution in [0.3, 0.4) is 0 Å². The number of carbonyl (C=O) groups is 3. The van der Waals surface area contributed by atoms with Gasteiger partial charge in [0.2, 0.25) is 22.9 Å². The van der Waals surface area contributed by atoms with Crippen molar-refractivity contribution in [3.63, 3.8) is 0 Å². The van der Waals surface area contributed by atoms with E-state index in [2.05, 4.69) is 15.5 Å². The summed E-state index contributed by atoms with van der Waals surface area (Å²) in [5, 5.41) is 19.5. The Kier molecular flexibility index (Phi) is 6.05. The molecule has 10 heteroatoms. The average Bonchev–Trinajstić information content (AvgIpc) is 3.05. The highest BCUT2D eigenvalue weighted by Gasteiger charge is 2.55. The number of nitrogens with one attached hydrogen (secondary N) is 2. The second-order valence-electron chi connectivity index (χ2n) is 7.50. The quantitative estimate of drug-likeness (QED) is 0.453. The average molecular weight is 395 g/mol. The van der Waals surface area contributed by atoms with Gasteiger partial charge in [-0.25, -0.2) is 5.48 Å². The first-order chi connectivity index (χ1) is 13.0. The Hall–Kier alpha value is -2.07. The van der Waals surface area contributed by atoms with Gasteiger partial charge in [0.25, 0.3) is 0 Å². The van der Waals surface area contributed by atoms with Gasteiger partial charge in [-0.15, -0.1) is 10.2 Å². The van der Waals surface area contributed by atoms with Crippen LogP contribution < -0.4 is 10.8 Å². The van der Waals surface area contributed by atoms with Crippen molar-refractivity contribution in [2.45, 2.75) is 57.9 Å². The molecule has 1 aromatic rings. The minimum absolute atomic E-state index is 0.0351. The Morgan fingerprint density at radius 2 is 2.22 bits per heavy atom.